The predicted octanol–water partition coefficient (Wildman–Crippen LogP) is 4.11. The molecule has 0 atom stereocenters. The van der Waals surface area contributed by atoms with Crippen LogP contribution in [0.3, 0.4) is 0 Å². The molecule has 0 saturated carbocycles. The minimum absolute atomic E-state index is 1.09. The Balaban J connectivity index is 1.52. The zero-order valence-corrected chi connectivity index (χ0v) is 14.7. The van der Waals surface area contributed by atoms with Crippen molar-refractivity contribution < 1.29 is 0 Å². The van der Waals surface area contributed by atoms with Crippen molar-refractivity contribution in [3.05, 3.63) is 35.4 Å². The van der Waals surface area contributed by atoms with Crippen molar-refractivity contribution in [1.29, 1.82) is 0 Å². The van der Waals surface area contributed by atoms with Gasteiger partial charge < -0.3 is 0 Å². The molecule has 4 nitrogen and oxygen atoms in total. The first kappa shape index (κ1) is 17.0. The lowest BCUT2D eigenvalue weighted by atomic mass is 10.2. The molecular formula is C20H30N4. The Morgan fingerprint density at radius 1 is 0.542 bits per heavy atom. The van der Waals surface area contributed by atoms with Gasteiger partial charge in [-0.1, -0.05) is 49.9 Å². The second-order valence-corrected chi connectivity index (χ2v) is 6.89. The van der Waals surface area contributed by atoms with E-state index in [1.165, 1.54) is 51.4 Å². The van der Waals surface area contributed by atoms with E-state index in [4.69, 9.17) is 0 Å². The number of rotatable bonds is 4. The summed E-state index contributed by atoms with van der Waals surface area (Å²) < 4.78 is 0. The highest BCUT2D eigenvalue weighted by molar-refractivity contribution is 5.83. The van der Waals surface area contributed by atoms with Crippen molar-refractivity contribution in [1.82, 2.24) is 10.0 Å². The summed E-state index contributed by atoms with van der Waals surface area (Å²) in [6, 6.07) is 8.52. The van der Waals surface area contributed by atoms with Crippen molar-refractivity contribution in [3.63, 3.8) is 0 Å². The van der Waals surface area contributed by atoms with Gasteiger partial charge in [-0.15, -0.1) is 0 Å². The van der Waals surface area contributed by atoms with Gasteiger partial charge in [-0.2, -0.15) is 10.2 Å². The minimum atomic E-state index is 1.09. The van der Waals surface area contributed by atoms with E-state index >= 15 is 0 Å². The van der Waals surface area contributed by atoms with E-state index in [1.54, 1.807) is 0 Å². The highest BCUT2D eigenvalue weighted by atomic mass is 15.4. The van der Waals surface area contributed by atoms with Gasteiger partial charge in [0.15, 0.2) is 0 Å². The number of hydrogen-bond acceptors (Lipinski definition) is 4. The van der Waals surface area contributed by atoms with Crippen molar-refractivity contribution >= 4 is 12.4 Å². The molecule has 2 aliphatic heterocycles. The van der Waals surface area contributed by atoms with Crippen LogP contribution < -0.4 is 0 Å². The van der Waals surface area contributed by atoms with E-state index in [-0.39, 0.29) is 0 Å². The molecular weight excluding hydrogens is 296 g/mol. The summed E-state index contributed by atoms with van der Waals surface area (Å²) in [6.45, 7) is 4.38. The molecule has 24 heavy (non-hydrogen) atoms. The molecule has 0 unspecified atom stereocenters. The van der Waals surface area contributed by atoms with Crippen molar-refractivity contribution in [2.24, 2.45) is 10.2 Å². The summed E-state index contributed by atoms with van der Waals surface area (Å²) in [7, 11) is 0. The van der Waals surface area contributed by atoms with Crippen molar-refractivity contribution in [3.8, 4) is 0 Å². The Bertz CT molecular complexity index is 470. The number of hydrazone groups is 2. The van der Waals surface area contributed by atoms with Gasteiger partial charge in [0.2, 0.25) is 0 Å². The molecule has 130 valence electrons. The summed E-state index contributed by atoms with van der Waals surface area (Å²) in [4.78, 5) is 0. The molecule has 1 aromatic rings. The third-order valence-electron chi connectivity index (χ3n) is 4.84. The van der Waals surface area contributed by atoms with Crippen LogP contribution in [0, 0.1) is 0 Å². The average Bonchev–Trinajstić information content (AvgIpc) is 3.04. The van der Waals surface area contributed by atoms with E-state index in [0.717, 1.165) is 37.3 Å². The normalized spacial score (nSPS) is 20.5. The molecule has 0 aliphatic carbocycles. The predicted molar refractivity (Wildman–Crippen MR) is 102 cm³/mol. The lowest BCUT2D eigenvalue weighted by molar-refractivity contribution is 0.302. The van der Waals surface area contributed by atoms with Crippen LogP contribution in [0.2, 0.25) is 0 Å². The molecule has 2 fully saturated rings. The van der Waals surface area contributed by atoms with Gasteiger partial charge in [0.1, 0.15) is 0 Å². The third-order valence-corrected chi connectivity index (χ3v) is 4.84. The van der Waals surface area contributed by atoms with Crippen LogP contribution in [0.15, 0.2) is 34.5 Å². The molecule has 0 amide bonds. The molecule has 0 radical (unpaired) electrons. The standard InChI is InChI=1S/C20H30N4/c1-2-6-14-23(13-5-1)21-17-19-9-11-20(12-10-19)18-22-24-15-7-3-4-8-16-24/h9-12,17-18H,1-8,13-16H2/b21-17+,22-18+. The van der Waals surface area contributed by atoms with Crippen molar-refractivity contribution in [2.75, 3.05) is 26.2 Å². The second kappa shape index (κ2) is 9.45. The lowest BCUT2D eigenvalue weighted by Gasteiger charge is -2.15. The third kappa shape index (κ3) is 5.66. The summed E-state index contributed by atoms with van der Waals surface area (Å²) in [5.41, 5.74) is 2.32. The Morgan fingerprint density at radius 2 is 0.875 bits per heavy atom. The van der Waals surface area contributed by atoms with Crippen LogP contribution in [0.25, 0.3) is 0 Å². The lowest BCUT2D eigenvalue weighted by Crippen LogP contribution is -2.18. The van der Waals surface area contributed by atoms with Crippen LogP contribution in [-0.2, 0) is 0 Å². The van der Waals surface area contributed by atoms with E-state index in [9.17, 15) is 0 Å². The summed E-state index contributed by atoms with van der Waals surface area (Å²) in [5, 5.41) is 13.7. The second-order valence-electron chi connectivity index (χ2n) is 6.89. The van der Waals surface area contributed by atoms with Crippen molar-refractivity contribution in [2.45, 2.75) is 51.4 Å². The first-order valence-electron chi connectivity index (χ1n) is 9.58. The molecule has 4 heteroatoms. The smallest absolute Gasteiger partial charge is 0.0542 e. The largest absolute Gasteiger partial charge is 0.297 e. The topological polar surface area (TPSA) is 31.2 Å². The Labute approximate surface area is 146 Å². The van der Waals surface area contributed by atoms with E-state index < -0.39 is 0 Å². The average molecular weight is 326 g/mol. The monoisotopic (exact) mass is 326 g/mol. The SMILES string of the molecule is C(=N\N1CCCCCC1)/c1ccc(/C=N/N2CCCCCC2)cc1. The zero-order chi connectivity index (χ0) is 16.5. The van der Waals surface area contributed by atoms with Gasteiger partial charge in [0, 0.05) is 26.2 Å². The molecule has 0 bridgehead atoms. The Hall–Kier alpha value is -1.84. The first-order valence-corrected chi connectivity index (χ1v) is 9.58. The highest BCUT2D eigenvalue weighted by Crippen LogP contribution is 2.11. The molecule has 2 heterocycles. The molecule has 2 aliphatic rings. The minimum Gasteiger partial charge on any atom is -0.297 e. The fourth-order valence-electron chi connectivity index (χ4n) is 3.30. The quantitative estimate of drug-likeness (QED) is 0.780. The summed E-state index contributed by atoms with van der Waals surface area (Å²) in [5.74, 6) is 0. The molecule has 0 spiro atoms. The highest BCUT2D eigenvalue weighted by Gasteiger charge is 2.06. The van der Waals surface area contributed by atoms with E-state index in [1.807, 2.05) is 12.4 Å². The van der Waals surface area contributed by atoms with Crippen LogP contribution >= 0.6 is 0 Å². The maximum Gasteiger partial charge on any atom is 0.0542 e. The van der Waals surface area contributed by atoms with Crippen LogP contribution in [0.5, 0.6) is 0 Å². The Morgan fingerprint density at radius 3 is 1.21 bits per heavy atom. The van der Waals surface area contributed by atoms with Gasteiger partial charge in [0.05, 0.1) is 12.4 Å². The number of benzene rings is 1. The van der Waals surface area contributed by atoms with Gasteiger partial charge in [-0.25, -0.2) is 0 Å². The summed E-state index contributed by atoms with van der Waals surface area (Å²) in [6.07, 6.45) is 14.4. The molecule has 0 aromatic heterocycles. The van der Waals surface area contributed by atoms with E-state index in [2.05, 4.69) is 44.5 Å². The van der Waals surface area contributed by atoms with Crippen LogP contribution in [0.4, 0.5) is 0 Å². The van der Waals surface area contributed by atoms with Crippen LogP contribution in [-0.4, -0.2) is 48.6 Å². The number of hydrogen-bond donors (Lipinski definition) is 0. The van der Waals surface area contributed by atoms with Crippen LogP contribution in [0.1, 0.15) is 62.5 Å². The van der Waals surface area contributed by atoms with E-state index in [0.29, 0.717) is 0 Å². The van der Waals surface area contributed by atoms with Gasteiger partial charge in [-0.05, 0) is 36.8 Å². The first-order chi connectivity index (χ1) is 11.9. The van der Waals surface area contributed by atoms with Gasteiger partial charge >= 0.3 is 0 Å². The number of nitrogens with zero attached hydrogens (tertiary/aromatic N) is 4. The maximum atomic E-state index is 4.64. The maximum absolute atomic E-state index is 4.64. The van der Waals surface area contributed by atoms with Gasteiger partial charge in [-0.3, -0.25) is 10.0 Å². The van der Waals surface area contributed by atoms with Gasteiger partial charge in [0.25, 0.3) is 0 Å². The summed E-state index contributed by atoms with van der Waals surface area (Å²) >= 11 is 0. The molecule has 3 rings (SSSR count). The molecule has 2 saturated heterocycles. The molecule has 1 aromatic carbocycles. The molecule has 0 N–H and O–H groups in total. The fraction of sp³-hybridized carbons (Fsp3) is 0.600. The fourth-order valence-corrected chi connectivity index (χ4v) is 3.30. The Kier molecular flexibility index (Phi) is 6.70. The zero-order valence-electron chi connectivity index (χ0n) is 14.7.